The minimum Gasteiger partial charge on any atom is -0.394 e. The number of nitriles is 1. The number of benzene rings is 1. The molecule has 0 radical (unpaired) electrons. The Bertz CT molecular complexity index is 585. The minimum absolute atomic E-state index is 0.0289. The highest BCUT2D eigenvalue weighted by Gasteiger charge is 2.09. The molecule has 0 saturated carbocycles. The topological polar surface area (TPSA) is 53.2 Å². The number of ether oxygens (including phenoxy) is 1. The smallest absolute Gasteiger partial charge is 0.124 e. The van der Waals surface area contributed by atoms with Gasteiger partial charge in [0.2, 0.25) is 0 Å². The van der Waals surface area contributed by atoms with Gasteiger partial charge in [-0.05, 0) is 30.2 Å². The molecule has 0 heterocycles. The van der Waals surface area contributed by atoms with Crippen LogP contribution in [0.5, 0.6) is 0 Å². The molecule has 1 aromatic carbocycles. The standard InChI is InChI=1S/C26H42FNO2/c1-2-3-4-5-6-7-8-9-10-11-12-13-14-15-16-26(21-29)30-22-24-17-23(20-28)18-25(27)19-24/h17-19,26,29H,2-16,21-22H2,1H3/t26-/m1/s1. The molecule has 0 spiro atoms. The molecule has 1 aromatic rings. The number of aliphatic hydroxyl groups is 1. The van der Waals surface area contributed by atoms with Crippen molar-refractivity contribution in [3.8, 4) is 6.07 Å². The van der Waals surface area contributed by atoms with Crippen LogP contribution in [0.2, 0.25) is 0 Å². The first-order valence-electron chi connectivity index (χ1n) is 12.1. The molecule has 0 bridgehead atoms. The van der Waals surface area contributed by atoms with Crippen molar-refractivity contribution in [2.75, 3.05) is 6.61 Å². The Morgan fingerprint density at radius 3 is 1.90 bits per heavy atom. The maximum absolute atomic E-state index is 13.5. The summed E-state index contributed by atoms with van der Waals surface area (Å²) in [5.74, 6) is -0.430. The van der Waals surface area contributed by atoms with E-state index in [9.17, 15) is 9.50 Å². The molecular weight excluding hydrogens is 377 g/mol. The highest BCUT2D eigenvalue weighted by molar-refractivity contribution is 5.33. The van der Waals surface area contributed by atoms with Crippen LogP contribution in [-0.4, -0.2) is 17.8 Å². The average molecular weight is 420 g/mol. The van der Waals surface area contributed by atoms with Gasteiger partial charge in [-0.2, -0.15) is 5.26 Å². The van der Waals surface area contributed by atoms with Crippen LogP contribution < -0.4 is 0 Å². The van der Waals surface area contributed by atoms with Gasteiger partial charge in [-0.1, -0.05) is 96.8 Å². The Kier molecular flexibility index (Phi) is 16.3. The third-order valence-corrected chi connectivity index (χ3v) is 5.66. The molecule has 170 valence electrons. The summed E-state index contributed by atoms with van der Waals surface area (Å²) in [4.78, 5) is 0. The normalized spacial score (nSPS) is 12.1. The number of rotatable bonds is 19. The Morgan fingerprint density at radius 1 is 0.867 bits per heavy atom. The van der Waals surface area contributed by atoms with Gasteiger partial charge in [0.1, 0.15) is 5.82 Å². The second-order valence-corrected chi connectivity index (χ2v) is 8.46. The van der Waals surface area contributed by atoms with Gasteiger partial charge in [0.15, 0.2) is 0 Å². The maximum Gasteiger partial charge on any atom is 0.124 e. The summed E-state index contributed by atoms with van der Waals surface area (Å²) in [6.07, 6.45) is 19.1. The molecule has 0 unspecified atom stereocenters. The highest BCUT2D eigenvalue weighted by Crippen LogP contribution is 2.16. The monoisotopic (exact) mass is 419 g/mol. The van der Waals surface area contributed by atoms with Crippen molar-refractivity contribution >= 4 is 0 Å². The number of halogens is 1. The fraction of sp³-hybridized carbons (Fsp3) is 0.731. The lowest BCUT2D eigenvalue weighted by Gasteiger charge is -2.15. The van der Waals surface area contributed by atoms with Crippen molar-refractivity contribution in [2.45, 2.75) is 116 Å². The number of hydrogen-bond acceptors (Lipinski definition) is 3. The predicted molar refractivity (Wildman–Crippen MR) is 122 cm³/mol. The molecule has 0 fully saturated rings. The van der Waals surface area contributed by atoms with Gasteiger partial charge in [-0.15, -0.1) is 0 Å². The summed E-state index contributed by atoms with van der Waals surface area (Å²) in [5, 5.41) is 18.4. The van der Waals surface area contributed by atoms with Gasteiger partial charge in [0.25, 0.3) is 0 Å². The van der Waals surface area contributed by atoms with E-state index in [4.69, 9.17) is 10.00 Å². The van der Waals surface area contributed by atoms with Crippen LogP contribution in [0.1, 0.15) is 114 Å². The summed E-state index contributed by atoms with van der Waals surface area (Å²) in [6.45, 7) is 2.45. The molecular formula is C26H42FNO2. The minimum atomic E-state index is -0.430. The van der Waals surface area contributed by atoms with E-state index in [0.29, 0.717) is 11.1 Å². The van der Waals surface area contributed by atoms with Gasteiger partial charge in [0, 0.05) is 0 Å². The molecule has 0 aliphatic heterocycles. The maximum atomic E-state index is 13.5. The number of nitrogens with zero attached hydrogens (tertiary/aromatic N) is 1. The Labute approximate surface area is 183 Å². The van der Waals surface area contributed by atoms with Crippen LogP contribution in [0.25, 0.3) is 0 Å². The van der Waals surface area contributed by atoms with E-state index in [-0.39, 0.29) is 19.3 Å². The van der Waals surface area contributed by atoms with Gasteiger partial charge in [-0.3, -0.25) is 0 Å². The van der Waals surface area contributed by atoms with E-state index in [1.807, 2.05) is 6.07 Å². The summed E-state index contributed by atoms with van der Waals surface area (Å²) >= 11 is 0. The molecule has 0 aliphatic carbocycles. The summed E-state index contributed by atoms with van der Waals surface area (Å²) < 4.78 is 19.2. The van der Waals surface area contributed by atoms with E-state index in [1.54, 1.807) is 6.07 Å². The molecule has 30 heavy (non-hydrogen) atoms. The number of aliphatic hydroxyl groups excluding tert-OH is 1. The summed E-state index contributed by atoms with van der Waals surface area (Å²) in [5.41, 5.74) is 0.923. The predicted octanol–water partition coefficient (Wildman–Crippen LogP) is 7.45. The SMILES string of the molecule is CCCCCCCCCCCCCCCC[C@H](CO)OCc1cc(F)cc(C#N)c1. The first-order chi connectivity index (χ1) is 14.7. The molecule has 1 atom stereocenters. The van der Waals surface area contributed by atoms with E-state index in [1.165, 1.54) is 89.2 Å². The fourth-order valence-corrected chi connectivity index (χ4v) is 3.81. The van der Waals surface area contributed by atoms with E-state index in [2.05, 4.69) is 6.92 Å². The second-order valence-electron chi connectivity index (χ2n) is 8.46. The zero-order valence-corrected chi connectivity index (χ0v) is 19.0. The van der Waals surface area contributed by atoms with Gasteiger partial charge in [0.05, 0.1) is 31.0 Å². The van der Waals surface area contributed by atoms with Crippen molar-refractivity contribution in [2.24, 2.45) is 0 Å². The first-order valence-corrected chi connectivity index (χ1v) is 12.1. The highest BCUT2D eigenvalue weighted by atomic mass is 19.1. The van der Waals surface area contributed by atoms with Crippen molar-refractivity contribution in [3.05, 3.63) is 35.1 Å². The summed E-state index contributed by atoms with van der Waals surface area (Å²) in [7, 11) is 0. The number of unbranched alkanes of at least 4 members (excludes halogenated alkanes) is 13. The van der Waals surface area contributed by atoms with Crippen LogP contribution in [0.4, 0.5) is 4.39 Å². The van der Waals surface area contributed by atoms with E-state index < -0.39 is 5.82 Å². The fourth-order valence-electron chi connectivity index (χ4n) is 3.81. The van der Waals surface area contributed by atoms with Crippen molar-refractivity contribution < 1.29 is 14.2 Å². The summed E-state index contributed by atoms with van der Waals surface area (Å²) in [6, 6.07) is 6.16. The molecule has 4 heteroatoms. The van der Waals surface area contributed by atoms with Crippen molar-refractivity contribution in [1.82, 2.24) is 0 Å². The molecule has 1 N–H and O–H groups in total. The molecule has 3 nitrogen and oxygen atoms in total. The first kappa shape index (κ1) is 26.6. The van der Waals surface area contributed by atoms with E-state index in [0.717, 1.165) is 19.3 Å². The largest absolute Gasteiger partial charge is 0.394 e. The molecule has 0 saturated heterocycles. The zero-order valence-electron chi connectivity index (χ0n) is 19.0. The van der Waals surface area contributed by atoms with Crippen molar-refractivity contribution in [3.63, 3.8) is 0 Å². The Balaban J connectivity index is 1.98. The van der Waals surface area contributed by atoms with Crippen LogP contribution in [0.15, 0.2) is 18.2 Å². The van der Waals surface area contributed by atoms with Crippen molar-refractivity contribution in [1.29, 1.82) is 5.26 Å². The van der Waals surface area contributed by atoms with Gasteiger partial charge >= 0.3 is 0 Å². The molecule has 0 aromatic heterocycles. The Hall–Kier alpha value is -1.44. The average Bonchev–Trinajstić information content (AvgIpc) is 2.75. The molecule has 0 amide bonds. The van der Waals surface area contributed by atoms with Gasteiger partial charge < -0.3 is 9.84 Å². The Morgan fingerprint density at radius 2 is 1.40 bits per heavy atom. The lowest BCUT2D eigenvalue weighted by atomic mass is 10.0. The van der Waals surface area contributed by atoms with Crippen LogP contribution in [-0.2, 0) is 11.3 Å². The molecule has 0 aliphatic rings. The van der Waals surface area contributed by atoms with Crippen LogP contribution in [0, 0.1) is 17.1 Å². The second kappa shape index (κ2) is 18.3. The van der Waals surface area contributed by atoms with E-state index >= 15 is 0 Å². The lowest BCUT2D eigenvalue weighted by Crippen LogP contribution is -2.17. The third-order valence-electron chi connectivity index (χ3n) is 5.66. The van der Waals surface area contributed by atoms with Crippen LogP contribution in [0.3, 0.4) is 0 Å². The molecule has 1 rings (SSSR count). The third kappa shape index (κ3) is 13.7. The number of hydrogen-bond donors (Lipinski definition) is 1. The zero-order chi connectivity index (χ0) is 21.9. The van der Waals surface area contributed by atoms with Gasteiger partial charge in [-0.25, -0.2) is 4.39 Å². The lowest BCUT2D eigenvalue weighted by molar-refractivity contribution is -0.00357. The quantitative estimate of drug-likeness (QED) is 0.237. The van der Waals surface area contributed by atoms with Crippen LogP contribution >= 0.6 is 0 Å².